The van der Waals surface area contributed by atoms with Gasteiger partial charge in [0.15, 0.2) is 5.78 Å². The number of ketones is 1. The summed E-state index contributed by atoms with van der Waals surface area (Å²) in [5.41, 5.74) is 6.64. The molecule has 0 aromatic heterocycles. The van der Waals surface area contributed by atoms with Crippen LogP contribution in [-0.2, 0) is 14.3 Å². The molecule has 1 aliphatic heterocycles. The second kappa shape index (κ2) is 7.39. The van der Waals surface area contributed by atoms with Crippen LogP contribution < -0.4 is 10.6 Å². The maximum atomic E-state index is 13.6. The Balaban J connectivity index is 1.91. The van der Waals surface area contributed by atoms with Crippen molar-refractivity contribution in [3.05, 3.63) is 70.4 Å². The van der Waals surface area contributed by atoms with Crippen molar-refractivity contribution in [2.75, 3.05) is 17.7 Å². The maximum Gasteiger partial charge on any atom is 0.316 e. The molecule has 150 valence electrons. The second-order valence-electron chi connectivity index (χ2n) is 8.05. The predicted octanol–water partition coefficient (Wildman–Crippen LogP) is 4.53. The van der Waals surface area contributed by atoms with Crippen LogP contribution in [0.5, 0.6) is 0 Å². The van der Waals surface area contributed by atoms with Crippen LogP contribution in [0.4, 0.5) is 11.4 Å². The normalized spacial score (nSPS) is 23.3. The zero-order chi connectivity index (χ0) is 20.7. The zero-order valence-corrected chi connectivity index (χ0v) is 17.2. The molecule has 0 saturated heterocycles. The van der Waals surface area contributed by atoms with Gasteiger partial charge < -0.3 is 15.4 Å². The van der Waals surface area contributed by atoms with Crippen LogP contribution in [0.2, 0.25) is 0 Å². The molecular weight excluding hydrogens is 364 g/mol. The van der Waals surface area contributed by atoms with Crippen LogP contribution >= 0.6 is 0 Å². The number of ether oxygens (including phenoxy) is 1. The van der Waals surface area contributed by atoms with E-state index in [0.717, 1.165) is 33.8 Å². The minimum absolute atomic E-state index is 0.134. The number of para-hydroxylation sites is 2. The molecule has 29 heavy (non-hydrogen) atoms. The number of nitrogens with one attached hydrogen (secondary N) is 2. The van der Waals surface area contributed by atoms with Crippen LogP contribution in [0, 0.1) is 25.7 Å². The lowest BCUT2D eigenvalue weighted by Crippen LogP contribution is -2.39. The van der Waals surface area contributed by atoms with Crippen LogP contribution in [-0.4, -0.2) is 18.9 Å². The first-order chi connectivity index (χ1) is 13.9. The SMILES string of the molecule is COC(=O)[C@@H]1C(=O)C2=C(C[C@@H]1C)Nc1ccccc1N[C@H]2c1cc(C)ccc1C. The van der Waals surface area contributed by atoms with Crippen molar-refractivity contribution in [3.8, 4) is 0 Å². The van der Waals surface area contributed by atoms with Crippen LogP contribution in [0.1, 0.15) is 36.1 Å². The molecule has 0 spiro atoms. The van der Waals surface area contributed by atoms with Gasteiger partial charge in [-0.25, -0.2) is 0 Å². The quantitative estimate of drug-likeness (QED) is 0.582. The number of benzene rings is 2. The smallest absolute Gasteiger partial charge is 0.316 e. The lowest BCUT2D eigenvalue weighted by Gasteiger charge is -2.33. The summed E-state index contributed by atoms with van der Waals surface area (Å²) in [6.45, 7) is 6.03. The van der Waals surface area contributed by atoms with Gasteiger partial charge in [0.1, 0.15) is 5.92 Å². The number of carbonyl (C=O) groups is 2. The number of carbonyl (C=O) groups excluding carboxylic acids is 2. The minimum Gasteiger partial charge on any atom is -0.468 e. The Kier molecular flexibility index (Phi) is 4.91. The first-order valence-corrected chi connectivity index (χ1v) is 9.95. The molecule has 0 unspecified atom stereocenters. The van der Waals surface area contributed by atoms with Gasteiger partial charge in [-0.05, 0) is 49.4 Å². The fourth-order valence-electron chi connectivity index (χ4n) is 4.44. The monoisotopic (exact) mass is 390 g/mol. The first kappa shape index (κ1) is 19.2. The fraction of sp³-hybridized carbons (Fsp3) is 0.333. The molecule has 2 N–H and O–H groups in total. The highest BCUT2D eigenvalue weighted by atomic mass is 16.5. The van der Waals surface area contributed by atoms with E-state index in [1.54, 1.807) is 0 Å². The highest BCUT2D eigenvalue weighted by Gasteiger charge is 2.44. The molecule has 5 heteroatoms. The number of esters is 1. The van der Waals surface area contributed by atoms with E-state index < -0.39 is 11.9 Å². The molecule has 0 amide bonds. The van der Waals surface area contributed by atoms with Crippen molar-refractivity contribution < 1.29 is 14.3 Å². The van der Waals surface area contributed by atoms with Crippen molar-refractivity contribution in [1.82, 2.24) is 0 Å². The van der Waals surface area contributed by atoms with Gasteiger partial charge in [0.25, 0.3) is 0 Å². The summed E-state index contributed by atoms with van der Waals surface area (Å²) in [5.74, 6) is -1.54. The van der Waals surface area contributed by atoms with Crippen LogP contribution in [0.15, 0.2) is 53.7 Å². The number of aryl methyl sites for hydroxylation is 2. The molecule has 4 rings (SSSR count). The van der Waals surface area contributed by atoms with Gasteiger partial charge in [0, 0.05) is 11.3 Å². The molecule has 2 aliphatic rings. The Labute approximate surface area is 171 Å². The summed E-state index contributed by atoms with van der Waals surface area (Å²) < 4.78 is 4.96. The predicted molar refractivity (Wildman–Crippen MR) is 114 cm³/mol. The Hall–Kier alpha value is -3.08. The van der Waals surface area contributed by atoms with E-state index in [2.05, 4.69) is 35.8 Å². The second-order valence-corrected chi connectivity index (χ2v) is 8.05. The van der Waals surface area contributed by atoms with Crippen molar-refractivity contribution in [1.29, 1.82) is 0 Å². The molecular formula is C24H26N2O3. The number of hydrogen-bond donors (Lipinski definition) is 2. The Morgan fingerprint density at radius 2 is 1.83 bits per heavy atom. The molecule has 0 fully saturated rings. The van der Waals surface area contributed by atoms with Crippen molar-refractivity contribution in [3.63, 3.8) is 0 Å². The van der Waals surface area contributed by atoms with Gasteiger partial charge in [-0.2, -0.15) is 0 Å². The molecule has 3 atom stereocenters. The summed E-state index contributed by atoms with van der Waals surface area (Å²) in [4.78, 5) is 26.0. The van der Waals surface area contributed by atoms with E-state index in [0.29, 0.717) is 12.0 Å². The average Bonchev–Trinajstić information content (AvgIpc) is 2.86. The van der Waals surface area contributed by atoms with Gasteiger partial charge in [-0.15, -0.1) is 0 Å². The summed E-state index contributed by atoms with van der Waals surface area (Å²) in [7, 11) is 1.34. The molecule has 1 aliphatic carbocycles. The van der Waals surface area contributed by atoms with Gasteiger partial charge in [-0.1, -0.05) is 42.8 Å². The van der Waals surface area contributed by atoms with Crippen molar-refractivity contribution in [2.24, 2.45) is 11.8 Å². The Morgan fingerprint density at radius 3 is 2.55 bits per heavy atom. The molecule has 5 nitrogen and oxygen atoms in total. The van der Waals surface area contributed by atoms with Gasteiger partial charge in [0.05, 0.1) is 24.5 Å². The Bertz CT molecular complexity index is 1020. The largest absolute Gasteiger partial charge is 0.468 e. The van der Waals surface area contributed by atoms with E-state index in [9.17, 15) is 9.59 Å². The van der Waals surface area contributed by atoms with Crippen molar-refractivity contribution >= 4 is 23.1 Å². The molecule has 2 aromatic rings. The molecule has 2 aromatic carbocycles. The van der Waals surface area contributed by atoms with Crippen molar-refractivity contribution in [2.45, 2.75) is 33.2 Å². The minimum atomic E-state index is -0.781. The lowest BCUT2D eigenvalue weighted by atomic mass is 9.74. The summed E-state index contributed by atoms with van der Waals surface area (Å²) in [6.07, 6.45) is 0.609. The fourth-order valence-corrected chi connectivity index (χ4v) is 4.44. The summed E-state index contributed by atoms with van der Waals surface area (Å²) in [5, 5.41) is 7.05. The third kappa shape index (κ3) is 3.31. The summed E-state index contributed by atoms with van der Waals surface area (Å²) in [6, 6.07) is 13.9. The van der Waals surface area contributed by atoms with Gasteiger partial charge in [0.2, 0.25) is 0 Å². The number of methoxy groups -OCH3 is 1. The molecule has 1 heterocycles. The zero-order valence-electron chi connectivity index (χ0n) is 17.2. The topological polar surface area (TPSA) is 67.4 Å². The lowest BCUT2D eigenvalue weighted by molar-refractivity contribution is -0.151. The first-order valence-electron chi connectivity index (χ1n) is 9.95. The van der Waals surface area contributed by atoms with E-state index in [4.69, 9.17) is 4.74 Å². The van der Waals surface area contributed by atoms with E-state index >= 15 is 0 Å². The van der Waals surface area contributed by atoms with E-state index in [1.165, 1.54) is 7.11 Å². The summed E-state index contributed by atoms with van der Waals surface area (Å²) >= 11 is 0. The third-order valence-corrected chi connectivity index (χ3v) is 5.97. The number of rotatable bonds is 2. The van der Waals surface area contributed by atoms with Crippen LogP contribution in [0.25, 0.3) is 0 Å². The number of allylic oxidation sites excluding steroid dienone is 1. The number of hydrogen-bond acceptors (Lipinski definition) is 5. The van der Waals surface area contributed by atoms with E-state index in [-0.39, 0.29) is 17.7 Å². The average molecular weight is 390 g/mol. The number of fused-ring (bicyclic) bond motifs is 1. The number of anilines is 2. The standard InChI is InChI=1S/C24H26N2O3/c1-13-9-10-14(2)16(11-13)22-21-19(25-17-7-5-6-8-18(17)26-22)12-15(3)20(23(21)27)24(28)29-4/h5-11,15,20,22,25-26H,12H2,1-4H3/t15-,20-,22-/m0/s1. The molecule has 0 saturated carbocycles. The highest BCUT2D eigenvalue weighted by molar-refractivity contribution is 6.11. The van der Waals surface area contributed by atoms with Gasteiger partial charge >= 0.3 is 5.97 Å². The third-order valence-electron chi connectivity index (χ3n) is 5.97. The number of Topliss-reactive ketones (excluding diaryl/α,β-unsaturated/α-hetero) is 1. The van der Waals surface area contributed by atoms with Crippen LogP contribution in [0.3, 0.4) is 0 Å². The van der Waals surface area contributed by atoms with E-state index in [1.807, 2.05) is 38.1 Å². The van der Waals surface area contributed by atoms with Gasteiger partial charge in [-0.3, -0.25) is 9.59 Å². The molecule has 0 radical (unpaired) electrons. The maximum absolute atomic E-state index is 13.6. The Morgan fingerprint density at radius 1 is 1.10 bits per heavy atom. The highest BCUT2D eigenvalue weighted by Crippen LogP contribution is 2.44. The molecule has 0 bridgehead atoms.